The van der Waals surface area contributed by atoms with Crippen LogP contribution in [0.15, 0.2) is 4.79 Å². The summed E-state index contributed by atoms with van der Waals surface area (Å²) in [5.74, 6) is 0.311. The Morgan fingerprint density at radius 1 is 1.27 bits per heavy atom. The molecule has 0 aliphatic carbocycles. The third-order valence-electron chi connectivity index (χ3n) is 4.78. The van der Waals surface area contributed by atoms with Gasteiger partial charge in [0, 0.05) is 46.2 Å². The Balaban J connectivity index is 1.78. The average molecular weight is 362 g/mol. The Morgan fingerprint density at radius 2 is 2.04 bits per heavy atom. The maximum Gasteiger partial charge on any atom is 0.347 e. The van der Waals surface area contributed by atoms with E-state index in [0.29, 0.717) is 30.7 Å². The quantitative estimate of drug-likeness (QED) is 0.709. The Labute approximate surface area is 149 Å². The van der Waals surface area contributed by atoms with Crippen molar-refractivity contribution in [2.24, 2.45) is 7.05 Å². The van der Waals surface area contributed by atoms with Crippen LogP contribution in [-0.4, -0.2) is 64.0 Å². The molecule has 0 spiro atoms. The van der Waals surface area contributed by atoms with Crippen molar-refractivity contribution in [2.75, 3.05) is 37.7 Å². The highest BCUT2D eigenvalue weighted by Crippen LogP contribution is 2.22. The number of hydrogen-bond acceptors (Lipinski definition) is 8. The molecule has 26 heavy (non-hydrogen) atoms. The van der Waals surface area contributed by atoms with Gasteiger partial charge in [-0.05, 0) is 6.92 Å². The van der Waals surface area contributed by atoms with Crippen molar-refractivity contribution in [3.63, 3.8) is 0 Å². The van der Waals surface area contributed by atoms with Gasteiger partial charge in [-0.2, -0.15) is 9.97 Å². The Kier molecular flexibility index (Phi) is 4.27. The standard InChI is InChI=1S/C16H22N6O4/c1-3-22-11-12(18-15(22)21-7-5-17-6-8-21)19-16(20(2)13(11)23)26-10-4-9-25-14(10)24/h10,17H,3-9H2,1-2H3. The lowest BCUT2D eigenvalue weighted by Gasteiger charge is -2.28. The second-order valence-corrected chi connectivity index (χ2v) is 6.39. The van der Waals surface area contributed by atoms with E-state index in [-0.39, 0.29) is 11.6 Å². The molecule has 2 aliphatic rings. The van der Waals surface area contributed by atoms with Crippen molar-refractivity contribution < 1.29 is 14.3 Å². The predicted molar refractivity (Wildman–Crippen MR) is 93.5 cm³/mol. The number of fused-ring (bicyclic) bond motifs is 1. The first-order valence-corrected chi connectivity index (χ1v) is 8.86. The molecule has 4 heterocycles. The lowest BCUT2D eigenvalue weighted by atomic mass is 10.3. The number of hydrogen-bond donors (Lipinski definition) is 1. The highest BCUT2D eigenvalue weighted by molar-refractivity contribution is 5.77. The number of anilines is 1. The van der Waals surface area contributed by atoms with E-state index < -0.39 is 12.1 Å². The molecule has 0 aromatic carbocycles. The van der Waals surface area contributed by atoms with Crippen LogP contribution >= 0.6 is 0 Å². The van der Waals surface area contributed by atoms with Gasteiger partial charge >= 0.3 is 12.0 Å². The maximum atomic E-state index is 12.9. The summed E-state index contributed by atoms with van der Waals surface area (Å²) >= 11 is 0. The zero-order chi connectivity index (χ0) is 18.3. The first-order valence-electron chi connectivity index (χ1n) is 8.86. The summed E-state index contributed by atoms with van der Waals surface area (Å²) in [6.07, 6.45) is -0.284. The summed E-state index contributed by atoms with van der Waals surface area (Å²) in [6.45, 7) is 6.29. The minimum Gasteiger partial charge on any atom is -0.463 e. The molecule has 1 unspecified atom stereocenters. The molecule has 0 saturated carbocycles. The first kappa shape index (κ1) is 16.8. The molecule has 10 heteroatoms. The molecule has 0 bridgehead atoms. The lowest BCUT2D eigenvalue weighted by molar-refractivity contribution is -0.143. The molecular formula is C16H22N6O4. The Hall–Kier alpha value is -2.62. The number of esters is 1. The second kappa shape index (κ2) is 6.60. The number of nitrogens with zero attached hydrogens (tertiary/aromatic N) is 5. The van der Waals surface area contributed by atoms with Crippen molar-refractivity contribution in [3.05, 3.63) is 10.4 Å². The molecule has 1 atom stereocenters. The number of carbonyl (C=O) groups is 1. The number of cyclic esters (lactones) is 1. The molecule has 10 nitrogen and oxygen atoms in total. The molecule has 1 N–H and O–H groups in total. The zero-order valence-electron chi connectivity index (χ0n) is 14.9. The molecule has 4 rings (SSSR count). The van der Waals surface area contributed by atoms with Gasteiger partial charge in [-0.1, -0.05) is 0 Å². The fraction of sp³-hybridized carbons (Fsp3) is 0.625. The van der Waals surface area contributed by atoms with Crippen LogP contribution in [-0.2, 0) is 23.1 Å². The van der Waals surface area contributed by atoms with E-state index in [1.807, 2.05) is 11.5 Å². The summed E-state index contributed by atoms with van der Waals surface area (Å²) in [5, 5.41) is 3.31. The number of nitrogens with one attached hydrogen (secondary N) is 1. The van der Waals surface area contributed by atoms with Crippen LogP contribution < -0.4 is 20.5 Å². The van der Waals surface area contributed by atoms with Crippen LogP contribution in [0, 0.1) is 0 Å². The molecule has 0 amide bonds. The molecule has 0 radical (unpaired) electrons. The fourth-order valence-electron chi connectivity index (χ4n) is 3.35. The number of rotatable bonds is 4. The topological polar surface area (TPSA) is 104 Å². The summed E-state index contributed by atoms with van der Waals surface area (Å²) in [6, 6.07) is 0.0824. The smallest absolute Gasteiger partial charge is 0.347 e. The molecule has 2 aliphatic heterocycles. The van der Waals surface area contributed by atoms with Crippen molar-refractivity contribution in [3.8, 4) is 6.01 Å². The molecule has 2 aromatic rings. The number of piperazine rings is 1. The van der Waals surface area contributed by atoms with Gasteiger partial charge in [0.15, 0.2) is 11.2 Å². The van der Waals surface area contributed by atoms with E-state index in [4.69, 9.17) is 9.47 Å². The van der Waals surface area contributed by atoms with Gasteiger partial charge in [-0.25, -0.2) is 4.79 Å². The third-order valence-corrected chi connectivity index (χ3v) is 4.78. The van der Waals surface area contributed by atoms with Gasteiger partial charge in [-0.15, -0.1) is 0 Å². The van der Waals surface area contributed by atoms with Crippen LogP contribution in [0.3, 0.4) is 0 Å². The second-order valence-electron chi connectivity index (χ2n) is 6.39. The highest BCUT2D eigenvalue weighted by atomic mass is 16.6. The van der Waals surface area contributed by atoms with E-state index >= 15 is 0 Å². The van der Waals surface area contributed by atoms with Crippen molar-refractivity contribution in [2.45, 2.75) is 26.0 Å². The van der Waals surface area contributed by atoms with E-state index in [0.717, 1.165) is 32.1 Å². The average Bonchev–Trinajstić information content (AvgIpc) is 3.23. The van der Waals surface area contributed by atoms with Crippen LogP contribution in [0.2, 0.25) is 0 Å². The van der Waals surface area contributed by atoms with E-state index in [2.05, 4.69) is 20.2 Å². The molecule has 2 aromatic heterocycles. The maximum absolute atomic E-state index is 12.9. The zero-order valence-corrected chi connectivity index (χ0v) is 14.9. The summed E-state index contributed by atoms with van der Waals surface area (Å²) in [7, 11) is 1.59. The molecule has 2 fully saturated rings. The minimum atomic E-state index is -0.730. The normalized spacial score (nSPS) is 20.6. The summed E-state index contributed by atoms with van der Waals surface area (Å²) in [5.41, 5.74) is 0.543. The van der Waals surface area contributed by atoms with E-state index in [1.165, 1.54) is 4.57 Å². The predicted octanol–water partition coefficient (Wildman–Crippen LogP) is -0.746. The third kappa shape index (κ3) is 2.70. The van der Waals surface area contributed by atoms with Gasteiger partial charge in [0.2, 0.25) is 12.1 Å². The first-order chi connectivity index (χ1) is 12.6. The van der Waals surface area contributed by atoms with Gasteiger partial charge in [-0.3, -0.25) is 9.36 Å². The van der Waals surface area contributed by atoms with Crippen molar-refractivity contribution >= 4 is 23.1 Å². The number of aryl methyl sites for hydroxylation is 1. The van der Waals surface area contributed by atoms with Crippen LogP contribution in [0.5, 0.6) is 6.01 Å². The van der Waals surface area contributed by atoms with Gasteiger partial charge < -0.3 is 24.3 Å². The number of imidazole rings is 1. The molecular weight excluding hydrogens is 340 g/mol. The van der Waals surface area contributed by atoms with Gasteiger partial charge in [0.1, 0.15) is 0 Å². The van der Waals surface area contributed by atoms with Crippen LogP contribution in [0.1, 0.15) is 13.3 Å². The number of aromatic nitrogens is 4. The fourth-order valence-corrected chi connectivity index (χ4v) is 3.35. The SMILES string of the molecule is CCn1c(N2CCNCC2)nc2nc(OC3CCOC3=O)n(C)c(=O)c21. The summed E-state index contributed by atoms with van der Waals surface area (Å²) in [4.78, 5) is 35.7. The van der Waals surface area contributed by atoms with Gasteiger partial charge in [0.25, 0.3) is 5.56 Å². The summed E-state index contributed by atoms with van der Waals surface area (Å²) < 4.78 is 13.8. The molecule has 2 saturated heterocycles. The van der Waals surface area contributed by atoms with E-state index in [9.17, 15) is 9.59 Å². The largest absolute Gasteiger partial charge is 0.463 e. The Morgan fingerprint density at radius 3 is 2.69 bits per heavy atom. The minimum absolute atomic E-state index is 0.0824. The van der Waals surface area contributed by atoms with Crippen molar-refractivity contribution in [1.29, 1.82) is 0 Å². The number of ether oxygens (including phenoxy) is 2. The highest BCUT2D eigenvalue weighted by Gasteiger charge is 2.30. The van der Waals surface area contributed by atoms with Crippen molar-refractivity contribution in [1.82, 2.24) is 24.4 Å². The van der Waals surface area contributed by atoms with E-state index in [1.54, 1.807) is 7.05 Å². The van der Waals surface area contributed by atoms with Crippen LogP contribution in [0.25, 0.3) is 11.2 Å². The number of carbonyl (C=O) groups excluding carboxylic acids is 1. The Bertz CT molecular complexity index is 898. The molecule has 140 valence electrons. The monoisotopic (exact) mass is 362 g/mol. The lowest BCUT2D eigenvalue weighted by Crippen LogP contribution is -2.44. The van der Waals surface area contributed by atoms with Gasteiger partial charge in [0.05, 0.1) is 6.61 Å². The van der Waals surface area contributed by atoms with Crippen LogP contribution in [0.4, 0.5) is 5.95 Å².